The van der Waals surface area contributed by atoms with Crippen molar-refractivity contribution in [2.45, 2.75) is 31.7 Å². The number of para-hydroxylation sites is 1. The molecule has 3 aromatic rings. The van der Waals surface area contributed by atoms with Gasteiger partial charge < -0.3 is 14.7 Å². The molecular formula is C22H22N4O3. The zero-order valence-electron chi connectivity index (χ0n) is 16.4. The van der Waals surface area contributed by atoms with E-state index in [4.69, 9.17) is 4.52 Å². The van der Waals surface area contributed by atoms with Gasteiger partial charge in [-0.1, -0.05) is 53.7 Å². The highest BCUT2D eigenvalue weighted by atomic mass is 16.5. The van der Waals surface area contributed by atoms with Crippen LogP contribution in [0.5, 0.6) is 0 Å². The molecule has 0 fully saturated rings. The van der Waals surface area contributed by atoms with Gasteiger partial charge in [0.25, 0.3) is 0 Å². The van der Waals surface area contributed by atoms with Crippen molar-refractivity contribution < 1.29 is 14.1 Å². The number of aromatic nitrogens is 2. The van der Waals surface area contributed by atoms with Gasteiger partial charge in [0.15, 0.2) is 5.82 Å². The summed E-state index contributed by atoms with van der Waals surface area (Å²) in [6.07, 6.45) is 0.488. The second kappa shape index (κ2) is 7.50. The smallest absolute Gasteiger partial charge is 0.238 e. The SMILES string of the molecule is Cc1nc(CNC(=O)C[C@@]2(Cc3ccccc3)C(=O)N(C)c3ccccc32)no1. The minimum Gasteiger partial charge on any atom is -0.349 e. The van der Waals surface area contributed by atoms with Crippen molar-refractivity contribution in [1.82, 2.24) is 15.5 Å². The first-order valence-corrected chi connectivity index (χ1v) is 9.47. The molecule has 1 aliphatic rings. The number of amides is 2. The van der Waals surface area contributed by atoms with E-state index in [1.54, 1.807) is 18.9 Å². The van der Waals surface area contributed by atoms with Crippen LogP contribution < -0.4 is 10.2 Å². The molecule has 0 saturated carbocycles. The third-order valence-corrected chi connectivity index (χ3v) is 5.32. The predicted octanol–water partition coefficient (Wildman–Crippen LogP) is 2.54. The molecule has 2 aromatic carbocycles. The molecule has 0 spiro atoms. The van der Waals surface area contributed by atoms with E-state index < -0.39 is 5.41 Å². The van der Waals surface area contributed by atoms with Crippen molar-refractivity contribution in [3.63, 3.8) is 0 Å². The summed E-state index contributed by atoms with van der Waals surface area (Å²) in [6, 6.07) is 17.5. The Morgan fingerprint density at radius 2 is 1.86 bits per heavy atom. The summed E-state index contributed by atoms with van der Waals surface area (Å²) < 4.78 is 4.93. The Morgan fingerprint density at radius 1 is 1.14 bits per heavy atom. The van der Waals surface area contributed by atoms with Crippen LogP contribution in [0.1, 0.15) is 29.3 Å². The standard InChI is InChI=1S/C22H22N4O3/c1-15-24-19(25-29-15)14-23-20(27)13-22(12-16-8-4-3-5-9-16)17-10-6-7-11-18(17)26(2)21(22)28/h3-11H,12-14H2,1-2H3,(H,23,27)/t22-/m1/s1. The molecule has 0 saturated heterocycles. The van der Waals surface area contributed by atoms with E-state index >= 15 is 0 Å². The van der Waals surface area contributed by atoms with Gasteiger partial charge in [-0.2, -0.15) is 4.98 Å². The molecule has 1 N–H and O–H groups in total. The van der Waals surface area contributed by atoms with Crippen LogP contribution in [0, 0.1) is 6.92 Å². The molecule has 0 aliphatic carbocycles. The monoisotopic (exact) mass is 390 g/mol. The highest BCUT2D eigenvalue weighted by Crippen LogP contribution is 2.45. The molecule has 7 nitrogen and oxygen atoms in total. The van der Waals surface area contributed by atoms with Crippen molar-refractivity contribution >= 4 is 17.5 Å². The Hall–Kier alpha value is -3.48. The third-order valence-electron chi connectivity index (χ3n) is 5.32. The molecule has 7 heteroatoms. The number of hydrogen-bond donors (Lipinski definition) is 1. The second-order valence-electron chi connectivity index (χ2n) is 7.31. The maximum absolute atomic E-state index is 13.4. The van der Waals surface area contributed by atoms with Crippen LogP contribution in [0.4, 0.5) is 5.69 Å². The Balaban J connectivity index is 1.64. The van der Waals surface area contributed by atoms with Crippen LogP contribution >= 0.6 is 0 Å². The molecule has 1 atom stereocenters. The van der Waals surface area contributed by atoms with Crippen LogP contribution in [0.3, 0.4) is 0 Å². The highest BCUT2D eigenvalue weighted by Gasteiger charge is 2.50. The third kappa shape index (κ3) is 3.51. The number of carbonyl (C=O) groups is 2. The van der Waals surface area contributed by atoms with Crippen LogP contribution in [0.25, 0.3) is 0 Å². The van der Waals surface area contributed by atoms with E-state index in [2.05, 4.69) is 15.5 Å². The van der Waals surface area contributed by atoms with Gasteiger partial charge in [0.05, 0.1) is 12.0 Å². The summed E-state index contributed by atoms with van der Waals surface area (Å²) in [5, 5.41) is 6.61. The van der Waals surface area contributed by atoms with Gasteiger partial charge in [-0.3, -0.25) is 9.59 Å². The van der Waals surface area contributed by atoms with Crippen LogP contribution in [-0.4, -0.2) is 29.0 Å². The lowest BCUT2D eigenvalue weighted by Gasteiger charge is -2.28. The number of nitrogens with one attached hydrogen (secondary N) is 1. The van der Waals surface area contributed by atoms with Crippen molar-refractivity contribution in [3.8, 4) is 0 Å². The average Bonchev–Trinajstić information content (AvgIpc) is 3.23. The first kappa shape index (κ1) is 18.9. The molecule has 1 aromatic heterocycles. The van der Waals surface area contributed by atoms with Crippen LogP contribution in [0.15, 0.2) is 59.1 Å². The summed E-state index contributed by atoms with van der Waals surface area (Å²) in [5.74, 6) is 0.537. The maximum atomic E-state index is 13.4. The Morgan fingerprint density at radius 3 is 2.59 bits per heavy atom. The van der Waals surface area contributed by atoms with E-state index in [-0.39, 0.29) is 24.8 Å². The molecule has 4 rings (SSSR count). The lowest BCUT2D eigenvalue weighted by molar-refractivity contribution is -0.129. The van der Waals surface area contributed by atoms with Gasteiger partial charge in [-0.05, 0) is 23.6 Å². The number of aryl methyl sites for hydroxylation is 1. The summed E-state index contributed by atoms with van der Waals surface area (Å²) in [6.45, 7) is 1.85. The van der Waals surface area contributed by atoms with Gasteiger partial charge >= 0.3 is 0 Å². The summed E-state index contributed by atoms with van der Waals surface area (Å²) >= 11 is 0. The highest BCUT2D eigenvalue weighted by molar-refractivity contribution is 6.09. The van der Waals surface area contributed by atoms with E-state index in [1.165, 1.54) is 0 Å². The fraction of sp³-hybridized carbons (Fsp3) is 0.273. The molecule has 148 valence electrons. The molecule has 1 aliphatic heterocycles. The predicted molar refractivity (Wildman–Crippen MR) is 107 cm³/mol. The Bertz CT molecular complexity index is 1050. The zero-order valence-corrected chi connectivity index (χ0v) is 16.4. The fourth-order valence-corrected chi connectivity index (χ4v) is 3.99. The van der Waals surface area contributed by atoms with Gasteiger partial charge in [0.2, 0.25) is 17.7 Å². The van der Waals surface area contributed by atoms with Crippen molar-refractivity contribution in [2.24, 2.45) is 0 Å². The average molecular weight is 390 g/mol. The van der Waals surface area contributed by atoms with Crippen molar-refractivity contribution in [3.05, 3.63) is 77.4 Å². The van der Waals surface area contributed by atoms with Crippen molar-refractivity contribution in [1.29, 1.82) is 0 Å². The first-order valence-electron chi connectivity index (χ1n) is 9.47. The van der Waals surface area contributed by atoms with E-state index in [1.807, 2.05) is 54.6 Å². The molecule has 29 heavy (non-hydrogen) atoms. The summed E-state index contributed by atoms with van der Waals surface area (Å²) in [5.41, 5.74) is 1.77. The lowest BCUT2D eigenvalue weighted by Crippen LogP contribution is -2.44. The molecular weight excluding hydrogens is 368 g/mol. The van der Waals surface area contributed by atoms with Gasteiger partial charge in [0, 0.05) is 26.1 Å². The molecule has 0 bridgehead atoms. The number of benzene rings is 2. The lowest BCUT2D eigenvalue weighted by atomic mass is 9.73. The number of rotatable bonds is 6. The minimum atomic E-state index is -0.954. The summed E-state index contributed by atoms with van der Waals surface area (Å²) in [7, 11) is 1.76. The van der Waals surface area contributed by atoms with Crippen molar-refractivity contribution in [2.75, 3.05) is 11.9 Å². The largest absolute Gasteiger partial charge is 0.349 e. The number of likely N-dealkylation sites (N-methyl/N-ethyl adjacent to an activating group) is 1. The van der Waals surface area contributed by atoms with Crippen LogP contribution in [-0.2, 0) is 28.0 Å². The topological polar surface area (TPSA) is 88.3 Å². The minimum absolute atomic E-state index is 0.0406. The zero-order chi connectivity index (χ0) is 20.4. The Kier molecular flexibility index (Phi) is 4.88. The van der Waals surface area contributed by atoms with Gasteiger partial charge in [-0.25, -0.2) is 0 Å². The van der Waals surface area contributed by atoms with E-state index in [9.17, 15) is 9.59 Å². The van der Waals surface area contributed by atoms with E-state index in [0.717, 1.165) is 16.8 Å². The molecule has 0 unspecified atom stereocenters. The van der Waals surface area contributed by atoms with Crippen LogP contribution in [0.2, 0.25) is 0 Å². The number of hydrogen-bond acceptors (Lipinski definition) is 5. The van der Waals surface area contributed by atoms with Gasteiger partial charge in [-0.15, -0.1) is 0 Å². The molecule has 2 amide bonds. The van der Waals surface area contributed by atoms with E-state index in [0.29, 0.717) is 18.1 Å². The number of carbonyl (C=O) groups excluding carboxylic acids is 2. The molecule has 2 heterocycles. The quantitative estimate of drug-likeness (QED) is 0.699. The second-order valence-corrected chi connectivity index (χ2v) is 7.31. The molecule has 0 radical (unpaired) electrons. The number of fused-ring (bicyclic) bond motifs is 1. The normalized spacial score (nSPS) is 18.0. The maximum Gasteiger partial charge on any atom is 0.238 e. The number of nitrogens with zero attached hydrogens (tertiary/aromatic N) is 3. The number of anilines is 1. The first-order chi connectivity index (χ1) is 14.0. The Labute approximate surface area is 168 Å². The fourth-order valence-electron chi connectivity index (χ4n) is 3.99. The van der Waals surface area contributed by atoms with Gasteiger partial charge in [0.1, 0.15) is 0 Å². The summed E-state index contributed by atoms with van der Waals surface area (Å²) in [4.78, 5) is 32.0.